The van der Waals surface area contributed by atoms with Crippen LogP contribution in [0.5, 0.6) is 11.5 Å². The highest BCUT2D eigenvalue weighted by Gasteiger charge is 2.42. The Morgan fingerprint density at radius 1 is 1.03 bits per heavy atom. The number of thioether (sulfide) groups is 1. The molecule has 2 N–H and O–H groups in total. The summed E-state index contributed by atoms with van der Waals surface area (Å²) >= 11 is 1.49. The van der Waals surface area contributed by atoms with Gasteiger partial charge in [-0.2, -0.15) is 0 Å². The van der Waals surface area contributed by atoms with Gasteiger partial charge in [0.1, 0.15) is 5.82 Å². The molecule has 8 heteroatoms. The monoisotopic (exact) mass is 531 g/mol. The van der Waals surface area contributed by atoms with Gasteiger partial charge in [-0.15, -0.1) is 0 Å². The number of hydrogen-bond acceptors (Lipinski definition) is 7. The summed E-state index contributed by atoms with van der Waals surface area (Å²) in [6, 6.07) is 11.9. The highest BCUT2D eigenvalue weighted by molar-refractivity contribution is 7.98. The van der Waals surface area contributed by atoms with E-state index < -0.39 is 5.92 Å². The SMILES string of the molecule is COc1ccc(C2C3=C(CC(C)(C)CC3=O)Nc3nc(SCc4ccc(C)cc4C)[nH]c(=O)c32)cc1OC. The Kier molecular flexibility index (Phi) is 6.86. The van der Waals surface area contributed by atoms with Gasteiger partial charge < -0.3 is 19.8 Å². The van der Waals surface area contributed by atoms with Crippen molar-refractivity contribution in [1.29, 1.82) is 0 Å². The van der Waals surface area contributed by atoms with E-state index in [1.165, 1.54) is 28.5 Å². The van der Waals surface area contributed by atoms with Crippen molar-refractivity contribution < 1.29 is 14.3 Å². The number of nitrogens with zero attached hydrogens (tertiary/aromatic N) is 1. The molecule has 0 bridgehead atoms. The predicted molar refractivity (Wildman–Crippen MR) is 150 cm³/mol. The standard InChI is InChI=1S/C30H33N3O4S/c1-16-7-8-19(17(2)11-16)15-38-29-32-27-26(28(35)33-29)24(18-9-10-22(36-5)23(12-18)37-6)25-20(31-27)13-30(3,4)14-21(25)34/h7-12,24H,13-15H2,1-6H3,(H2,31,32,33,35). The maximum Gasteiger partial charge on any atom is 0.257 e. The molecule has 1 aromatic heterocycles. The van der Waals surface area contributed by atoms with Crippen LogP contribution in [0.1, 0.15) is 60.4 Å². The van der Waals surface area contributed by atoms with Gasteiger partial charge in [-0.1, -0.05) is 55.4 Å². The Hall–Kier alpha value is -3.52. The van der Waals surface area contributed by atoms with E-state index in [2.05, 4.69) is 56.2 Å². The quantitative estimate of drug-likeness (QED) is 0.302. The molecule has 1 aliphatic heterocycles. The molecule has 1 unspecified atom stereocenters. The third-order valence-electron chi connectivity index (χ3n) is 7.30. The minimum absolute atomic E-state index is 0.0434. The molecule has 0 saturated heterocycles. The zero-order valence-corrected chi connectivity index (χ0v) is 23.5. The zero-order chi connectivity index (χ0) is 27.2. The van der Waals surface area contributed by atoms with Gasteiger partial charge in [-0.05, 0) is 54.5 Å². The maximum atomic E-state index is 13.6. The third kappa shape index (κ3) is 4.85. The maximum absolute atomic E-state index is 13.6. The van der Waals surface area contributed by atoms with Crippen molar-refractivity contribution in [2.45, 2.75) is 57.4 Å². The lowest BCUT2D eigenvalue weighted by molar-refractivity contribution is -0.118. The van der Waals surface area contributed by atoms with Crippen LogP contribution >= 0.6 is 11.8 Å². The number of H-pyrrole nitrogens is 1. The summed E-state index contributed by atoms with van der Waals surface area (Å²) in [5.41, 5.74) is 5.88. The summed E-state index contributed by atoms with van der Waals surface area (Å²) in [4.78, 5) is 35.0. The number of Topliss-reactive ketones (excluding diaryl/α,β-unsaturated/α-hetero) is 1. The van der Waals surface area contributed by atoms with Gasteiger partial charge in [0.25, 0.3) is 5.56 Å². The van der Waals surface area contributed by atoms with E-state index in [1.54, 1.807) is 14.2 Å². The lowest BCUT2D eigenvalue weighted by Crippen LogP contribution is -2.37. The Labute approximate surface area is 227 Å². The number of benzene rings is 2. The van der Waals surface area contributed by atoms with Crippen molar-refractivity contribution in [2.24, 2.45) is 5.41 Å². The molecule has 0 radical (unpaired) electrons. The number of nitrogens with one attached hydrogen (secondary N) is 2. The van der Waals surface area contributed by atoms with E-state index >= 15 is 0 Å². The van der Waals surface area contributed by atoms with Gasteiger partial charge in [-0.25, -0.2) is 4.98 Å². The Morgan fingerprint density at radius 3 is 2.50 bits per heavy atom. The Morgan fingerprint density at radius 2 is 1.79 bits per heavy atom. The molecule has 0 saturated carbocycles. The number of allylic oxidation sites excluding steroid dienone is 2. The Balaban J connectivity index is 1.60. The molecule has 0 spiro atoms. The van der Waals surface area contributed by atoms with E-state index in [1.807, 2.05) is 18.2 Å². The van der Waals surface area contributed by atoms with Crippen molar-refractivity contribution in [3.8, 4) is 11.5 Å². The van der Waals surface area contributed by atoms with Crippen molar-refractivity contribution in [2.75, 3.05) is 19.5 Å². The molecule has 0 amide bonds. The molecule has 2 heterocycles. The highest BCUT2D eigenvalue weighted by atomic mass is 32.2. The lowest BCUT2D eigenvalue weighted by atomic mass is 9.69. The van der Waals surface area contributed by atoms with Crippen molar-refractivity contribution in [1.82, 2.24) is 9.97 Å². The van der Waals surface area contributed by atoms with E-state index in [0.29, 0.717) is 52.2 Å². The average molecular weight is 532 g/mol. The first-order valence-corrected chi connectivity index (χ1v) is 13.7. The highest BCUT2D eigenvalue weighted by Crippen LogP contribution is 2.48. The topological polar surface area (TPSA) is 93.3 Å². The summed E-state index contributed by atoms with van der Waals surface area (Å²) in [7, 11) is 3.15. The molecule has 2 aromatic carbocycles. The van der Waals surface area contributed by atoms with Gasteiger partial charge in [0.2, 0.25) is 0 Å². The third-order valence-corrected chi connectivity index (χ3v) is 8.23. The second-order valence-corrected chi connectivity index (χ2v) is 11.8. The number of ether oxygens (including phenoxy) is 2. The lowest BCUT2D eigenvalue weighted by Gasteiger charge is -2.38. The number of methoxy groups -OCH3 is 2. The van der Waals surface area contributed by atoms with Crippen LogP contribution in [-0.4, -0.2) is 30.0 Å². The number of anilines is 1. The molecule has 2 aliphatic rings. The number of ketones is 1. The van der Waals surface area contributed by atoms with Crippen molar-refractivity contribution in [3.05, 3.63) is 85.8 Å². The largest absolute Gasteiger partial charge is 0.493 e. The minimum atomic E-state index is -0.556. The second-order valence-electron chi connectivity index (χ2n) is 10.9. The minimum Gasteiger partial charge on any atom is -0.493 e. The van der Waals surface area contributed by atoms with Crippen LogP contribution in [0.4, 0.5) is 5.82 Å². The summed E-state index contributed by atoms with van der Waals surface area (Å²) in [5.74, 6) is 1.80. The molecular formula is C30H33N3O4S. The molecule has 7 nitrogen and oxygen atoms in total. The summed E-state index contributed by atoms with van der Waals surface area (Å²) < 4.78 is 11.0. The van der Waals surface area contributed by atoms with Crippen LogP contribution in [0.25, 0.3) is 0 Å². The number of aromatic amines is 1. The number of aromatic nitrogens is 2. The molecule has 3 aromatic rings. The molecule has 38 heavy (non-hydrogen) atoms. The molecule has 198 valence electrons. The number of carbonyl (C=O) groups is 1. The normalized spacial score (nSPS) is 17.9. The fourth-order valence-electron chi connectivity index (χ4n) is 5.48. The molecular weight excluding hydrogens is 498 g/mol. The first kappa shape index (κ1) is 26.1. The van der Waals surface area contributed by atoms with Crippen LogP contribution < -0.4 is 20.3 Å². The van der Waals surface area contributed by atoms with Gasteiger partial charge in [-0.3, -0.25) is 9.59 Å². The Bertz CT molecular complexity index is 1520. The molecule has 0 fully saturated rings. The number of aryl methyl sites for hydroxylation is 2. The van der Waals surface area contributed by atoms with Gasteiger partial charge >= 0.3 is 0 Å². The van der Waals surface area contributed by atoms with Crippen molar-refractivity contribution >= 4 is 23.4 Å². The number of carbonyl (C=O) groups excluding carboxylic acids is 1. The number of rotatable bonds is 6. The molecule has 5 rings (SSSR count). The van der Waals surface area contributed by atoms with Crippen LogP contribution in [-0.2, 0) is 10.5 Å². The van der Waals surface area contributed by atoms with Gasteiger partial charge in [0.05, 0.1) is 19.8 Å². The summed E-state index contributed by atoms with van der Waals surface area (Å²) in [5, 5.41) is 3.93. The van der Waals surface area contributed by atoms with E-state index in [0.717, 1.165) is 11.3 Å². The van der Waals surface area contributed by atoms with Gasteiger partial charge in [0.15, 0.2) is 22.4 Å². The second kappa shape index (κ2) is 9.98. The van der Waals surface area contributed by atoms with Crippen LogP contribution in [0.2, 0.25) is 0 Å². The van der Waals surface area contributed by atoms with E-state index in [-0.39, 0.29) is 16.8 Å². The predicted octanol–water partition coefficient (Wildman–Crippen LogP) is 5.90. The van der Waals surface area contributed by atoms with E-state index in [4.69, 9.17) is 14.5 Å². The van der Waals surface area contributed by atoms with Gasteiger partial charge in [0, 0.05) is 29.4 Å². The smallest absolute Gasteiger partial charge is 0.257 e. The zero-order valence-electron chi connectivity index (χ0n) is 22.7. The van der Waals surface area contributed by atoms with Crippen molar-refractivity contribution in [3.63, 3.8) is 0 Å². The first-order valence-electron chi connectivity index (χ1n) is 12.7. The van der Waals surface area contributed by atoms with E-state index in [9.17, 15) is 9.59 Å². The average Bonchev–Trinajstić information content (AvgIpc) is 2.85. The van der Waals surface area contributed by atoms with Crippen LogP contribution in [0, 0.1) is 19.3 Å². The first-order chi connectivity index (χ1) is 18.1. The fraction of sp³-hybridized carbons (Fsp3) is 0.367. The van der Waals surface area contributed by atoms with Crippen LogP contribution in [0.3, 0.4) is 0 Å². The summed E-state index contributed by atoms with van der Waals surface area (Å²) in [6.45, 7) is 8.35. The number of hydrogen-bond donors (Lipinski definition) is 2. The molecule has 1 atom stereocenters. The summed E-state index contributed by atoms with van der Waals surface area (Å²) in [6.07, 6.45) is 1.11. The van der Waals surface area contributed by atoms with Crippen LogP contribution in [0.15, 0.2) is 57.6 Å². The number of fused-ring (bicyclic) bond motifs is 1. The fourth-order valence-corrected chi connectivity index (χ4v) is 6.42. The molecule has 1 aliphatic carbocycles.